The lowest BCUT2D eigenvalue weighted by Crippen LogP contribution is -2.85. The molecule has 1 N–H and O–H groups in total. The van der Waals surface area contributed by atoms with Gasteiger partial charge >= 0.3 is 29.8 Å². The Bertz CT molecular complexity index is 1740. The summed E-state index contributed by atoms with van der Waals surface area (Å²) in [4.78, 5) is 80.8. The predicted octanol–water partition coefficient (Wildman–Crippen LogP) is 2.79. The van der Waals surface area contributed by atoms with Gasteiger partial charge < -0.3 is 42.7 Å². The molecule has 1 aromatic heterocycles. The Morgan fingerprint density at radius 1 is 0.849 bits per heavy atom. The van der Waals surface area contributed by atoms with E-state index in [0.29, 0.717) is 6.42 Å². The first-order chi connectivity index (χ1) is 24.7. The third-order valence-electron chi connectivity index (χ3n) is 13.8. The molecule has 0 aromatic carbocycles. The molecule has 6 fully saturated rings. The van der Waals surface area contributed by atoms with Gasteiger partial charge in [0, 0.05) is 50.4 Å². The highest BCUT2D eigenvalue weighted by Crippen LogP contribution is 2.83. The fourth-order valence-electron chi connectivity index (χ4n) is 12.1. The summed E-state index contributed by atoms with van der Waals surface area (Å²) in [5.74, 6) is -7.59. The molecule has 7 rings (SSSR count). The van der Waals surface area contributed by atoms with Crippen LogP contribution in [0.1, 0.15) is 86.6 Å². The number of hydrogen-bond donors (Lipinski definition) is 1. The van der Waals surface area contributed by atoms with Gasteiger partial charge in [-0.25, -0.2) is 0 Å². The Labute approximate surface area is 306 Å². The van der Waals surface area contributed by atoms with Crippen molar-refractivity contribution in [2.75, 3.05) is 6.61 Å². The molecule has 15 heteroatoms. The van der Waals surface area contributed by atoms with Gasteiger partial charge in [0.15, 0.2) is 30.2 Å². The Kier molecular flexibility index (Phi) is 8.55. The van der Waals surface area contributed by atoms with Crippen LogP contribution in [0.4, 0.5) is 0 Å². The van der Waals surface area contributed by atoms with E-state index < -0.39 is 124 Å². The van der Waals surface area contributed by atoms with Gasteiger partial charge in [-0.2, -0.15) is 0 Å². The second-order valence-corrected chi connectivity index (χ2v) is 16.7. The molecule has 1 spiro atoms. The Morgan fingerprint density at radius 3 is 2.04 bits per heavy atom. The lowest BCUT2D eigenvalue weighted by molar-refractivity contribution is -0.391. The highest BCUT2D eigenvalue weighted by Gasteiger charge is 2.93. The standard InChI is InChI=1S/C38H48O15/c1-16(2)32(45)52-33-34(7)23-13-24(43)36(9)28(37(23,15-47-33)31(51-20(6)42)27(48-17(3)39)30(34)50-19(5)41)26(44)29(49-18(4)40)35(8)22(21-10-11-46-14-21)12-25-38(35,36)53-25/h10-11,14,16,22-25,27-31,33,43H,12-13,15H2,1-9H3/t22-,23-,24+,25+,27-,28-,29-,30+,31-,33-,34+,35+,36+,37-,38?/m0/s1. The number of carbonyl (C=O) groups excluding carboxylic acids is 6. The molecule has 1 unspecified atom stereocenters. The number of rotatable bonds is 7. The van der Waals surface area contributed by atoms with E-state index in [-0.39, 0.29) is 18.9 Å². The number of ether oxygens (including phenoxy) is 7. The number of esters is 5. The molecule has 4 aliphatic carbocycles. The quantitative estimate of drug-likeness (QED) is 0.242. The van der Waals surface area contributed by atoms with E-state index in [4.69, 9.17) is 37.6 Å². The molecule has 3 heterocycles. The van der Waals surface area contributed by atoms with Crippen LogP contribution < -0.4 is 0 Å². The van der Waals surface area contributed by atoms with E-state index in [2.05, 4.69) is 0 Å². The van der Waals surface area contributed by atoms with Crippen LogP contribution in [0, 0.1) is 39.4 Å². The number of aliphatic hydroxyl groups is 1. The zero-order chi connectivity index (χ0) is 38.8. The molecule has 2 aliphatic heterocycles. The van der Waals surface area contributed by atoms with Crippen LogP contribution >= 0.6 is 0 Å². The highest BCUT2D eigenvalue weighted by molar-refractivity contribution is 5.93. The van der Waals surface area contributed by atoms with Gasteiger partial charge in [0.25, 0.3) is 0 Å². The Morgan fingerprint density at radius 2 is 1.47 bits per heavy atom. The normalized spacial score (nSPS) is 46.1. The number of fused-ring (bicyclic) bond motifs is 1. The summed E-state index contributed by atoms with van der Waals surface area (Å²) >= 11 is 0. The Hall–Kier alpha value is -3.82. The highest BCUT2D eigenvalue weighted by atomic mass is 16.7. The van der Waals surface area contributed by atoms with Crippen molar-refractivity contribution < 1.29 is 71.4 Å². The molecule has 53 heavy (non-hydrogen) atoms. The van der Waals surface area contributed by atoms with Crippen molar-refractivity contribution in [2.45, 2.75) is 130 Å². The van der Waals surface area contributed by atoms with Crippen LogP contribution in [0.3, 0.4) is 0 Å². The molecule has 6 aliphatic rings. The zero-order valence-corrected chi connectivity index (χ0v) is 31.4. The van der Waals surface area contributed by atoms with Crippen molar-refractivity contribution in [3.05, 3.63) is 24.2 Å². The summed E-state index contributed by atoms with van der Waals surface area (Å²) in [6.07, 6.45) is -5.68. The molecule has 2 saturated heterocycles. The molecule has 0 amide bonds. The second-order valence-electron chi connectivity index (χ2n) is 16.7. The van der Waals surface area contributed by atoms with Gasteiger partial charge in [-0.05, 0) is 37.3 Å². The van der Waals surface area contributed by atoms with Crippen LogP contribution in [-0.2, 0) is 61.9 Å². The number of ketones is 1. The third-order valence-corrected chi connectivity index (χ3v) is 13.8. The molecular weight excluding hydrogens is 696 g/mol. The summed E-state index contributed by atoms with van der Waals surface area (Å²) in [6, 6.07) is 1.79. The minimum atomic E-state index is -1.65. The SMILES string of the molecule is CC(=O)O[C@H]1[C@@H](OC(C)=O)[C@]2(C)[C@H](OC(=O)C(C)C)OC[C@]3([C@H]4C(=O)[C@H](OC(C)=O)[C@@]5(C)[C@H](c6ccoc6)C[C@H]6OC65[C@]4(C)[C@H](O)C[C@@H]23)[C@H]1OC(C)=O. The van der Waals surface area contributed by atoms with E-state index in [1.807, 2.05) is 6.92 Å². The first-order valence-corrected chi connectivity index (χ1v) is 18.2. The molecule has 15 atom stereocenters. The van der Waals surface area contributed by atoms with Crippen molar-refractivity contribution in [3.63, 3.8) is 0 Å². The average Bonchev–Trinajstić information content (AvgIpc) is 3.41. The van der Waals surface area contributed by atoms with E-state index in [0.717, 1.165) is 26.3 Å². The molecule has 15 nitrogen and oxygen atoms in total. The van der Waals surface area contributed by atoms with Gasteiger partial charge in [-0.1, -0.05) is 27.7 Å². The summed E-state index contributed by atoms with van der Waals surface area (Å²) < 4.78 is 48.7. The van der Waals surface area contributed by atoms with Crippen LogP contribution in [0.5, 0.6) is 0 Å². The van der Waals surface area contributed by atoms with Crippen LogP contribution in [0.25, 0.3) is 0 Å². The van der Waals surface area contributed by atoms with Crippen molar-refractivity contribution >= 4 is 35.6 Å². The summed E-state index contributed by atoms with van der Waals surface area (Å²) in [7, 11) is 0. The molecule has 1 aromatic rings. The smallest absolute Gasteiger partial charge is 0.310 e. The first-order valence-electron chi connectivity index (χ1n) is 18.2. The van der Waals surface area contributed by atoms with Crippen molar-refractivity contribution in [3.8, 4) is 0 Å². The van der Waals surface area contributed by atoms with Crippen molar-refractivity contribution in [2.24, 2.45) is 39.4 Å². The maximum Gasteiger partial charge on any atom is 0.310 e. The Balaban J connectivity index is 1.51. The van der Waals surface area contributed by atoms with Gasteiger partial charge in [-0.15, -0.1) is 0 Å². The van der Waals surface area contributed by atoms with Crippen LogP contribution in [-0.4, -0.2) is 95.9 Å². The molecule has 4 saturated carbocycles. The summed E-state index contributed by atoms with van der Waals surface area (Å²) in [5.41, 5.74) is -6.41. The van der Waals surface area contributed by atoms with E-state index in [9.17, 15) is 29.1 Å². The zero-order valence-electron chi connectivity index (χ0n) is 31.4. The average molecular weight is 745 g/mol. The molecule has 2 bridgehead atoms. The van der Waals surface area contributed by atoms with Gasteiger partial charge in [-0.3, -0.25) is 28.8 Å². The molecule has 290 valence electrons. The van der Waals surface area contributed by atoms with E-state index >= 15 is 4.79 Å². The van der Waals surface area contributed by atoms with Crippen molar-refractivity contribution in [1.29, 1.82) is 0 Å². The lowest BCUT2D eigenvalue weighted by Gasteiger charge is -2.73. The van der Waals surface area contributed by atoms with Crippen LogP contribution in [0.15, 0.2) is 23.0 Å². The fourth-order valence-corrected chi connectivity index (χ4v) is 12.1. The number of hydrogen-bond acceptors (Lipinski definition) is 15. The summed E-state index contributed by atoms with van der Waals surface area (Å²) in [6.45, 7) is 12.8. The topological polar surface area (TPSA) is 204 Å². The number of furan rings is 1. The number of epoxide rings is 1. The second kappa shape index (κ2) is 12.1. The van der Waals surface area contributed by atoms with E-state index in [1.165, 1.54) is 13.2 Å². The largest absolute Gasteiger partial charge is 0.472 e. The van der Waals surface area contributed by atoms with Crippen molar-refractivity contribution in [1.82, 2.24) is 0 Å². The third kappa shape index (κ3) is 4.68. The number of carbonyl (C=O) groups is 6. The maximum atomic E-state index is 15.8. The maximum absolute atomic E-state index is 15.8. The first kappa shape index (κ1) is 37.5. The monoisotopic (exact) mass is 744 g/mol. The minimum Gasteiger partial charge on any atom is -0.472 e. The number of aliphatic hydroxyl groups excluding tert-OH is 1. The summed E-state index contributed by atoms with van der Waals surface area (Å²) in [5, 5.41) is 12.7. The van der Waals surface area contributed by atoms with Crippen LogP contribution in [0.2, 0.25) is 0 Å². The van der Waals surface area contributed by atoms with Gasteiger partial charge in [0.1, 0.15) is 5.60 Å². The fraction of sp³-hybridized carbons (Fsp3) is 0.737. The molecular formula is C38H48O15. The molecule has 0 radical (unpaired) electrons. The lowest BCUT2D eigenvalue weighted by atomic mass is 9.33. The number of Topliss-reactive ketones (excluding diaryl/α,β-unsaturated/α-hetero) is 1. The predicted molar refractivity (Wildman–Crippen MR) is 176 cm³/mol. The minimum absolute atomic E-state index is 0.0826. The van der Waals surface area contributed by atoms with E-state index in [1.54, 1.807) is 40.0 Å². The van der Waals surface area contributed by atoms with Gasteiger partial charge in [0.2, 0.25) is 6.29 Å². The van der Waals surface area contributed by atoms with Gasteiger partial charge in [0.05, 0.1) is 48.1 Å².